The maximum atomic E-state index is 12.0. The van der Waals surface area contributed by atoms with Crippen LogP contribution in [-0.4, -0.2) is 29.4 Å². The van der Waals surface area contributed by atoms with Crippen molar-refractivity contribution < 1.29 is 23.5 Å². The van der Waals surface area contributed by atoms with Gasteiger partial charge in [-0.15, -0.1) is 11.3 Å². The van der Waals surface area contributed by atoms with Gasteiger partial charge in [-0.3, -0.25) is 14.9 Å². The maximum absolute atomic E-state index is 12.0. The fourth-order valence-corrected chi connectivity index (χ4v) is 2.74. The minimum absolute atomic E-state index is 0.0108. The number of furan rings is 1. The van der Waals surface area contributed by atoms with E-state index in [2.05, 4.69) is 15.6 Å². The molecule has 1 aromatic carbocycles. The Morgan fingerprint density at radius 2 is 1.93 bits per heavy atom. The number of carbonyl (C=O) groups excluding carboxylic acids is 3. The molecule has 0 bridgehead atoms. The predicted molar refractivity (Wildman–Crippen MR) is 97.3 cm³/mol. The van der Waals surface area contributed by atoms with E-state index in [1.807, 2.05) is 30.3 Å². The lowest BCUT2D eigenvalue weighted by atomic mass is 10.2. The van der Waals surface area contributed by atoms with Gasteiger partial charge in [0.05, 0.1) is 6.26 Å². The molecule has 2 heterocycles. The SMILES string of the molecule is O=C(COC(=O)c1csc(NCc2ccccc2)n1)NC(=O)c1ccco1. The highest BCUT2D eigenvalue weighted by Gasteiger charge is 2.17. The molecule has 2 N–H and O–H groups in total. The van der Waals surface area contributed by atoms with E-state index < -0.39 is 24.4 Å². The first kappa shape index (κ1) is 18.3. The van der Waals surface area contributed by atoms with E-state index >= 15 is 0 Å². The number of aromatic nitrogens is 1. The summed E-state index contributed by atoms with van der Waals surface area (Å²) in [5, 5.41) is 7.25. The summed E-state index contributed by atoms with van der Waals surface area (Å²) in [5.74, 6) is -2.23. The van der Waals surface area contributed by atoms with E-state index in [0.717, 1.165) is 5.56 Å². The largest absolute Gasteiger partial charge is 0.459 e. The number of esters is 1. The van der Waals surface area contributed by atoms with Crippen molar-refractivity contribution in [2.24, 2.45) is 0 Å². The lowest BCUT2D eigenvalue weighted by molar-refractivity contribution is -0.123. The van der Waals surface area contributed by atoms with Gasteiger partial charge in [-0.05, 0) is 17.7 Å². The third kappa shape index (κ3) is 5.25. The number of hydrogen-bond acceptors (Lipinski definition) is 8. The molecule has 0 radical (unpaired) electrons. The Kier molecular flexibility index (Phi) is 5.95. The van der Waals surface area contributed by atoms with Crippen LogP contribution < -0.4 is 10.6 Å². The van der Waals surface area contributed by atoms with Crippen molar-refractivity contribution in [1.29, 1.82) is 0 Å². The average molecular weight is 385 g/mol. The van der Waals surface area contributed by atoms with Gasteiger partial charge < -0.3 is 14.5 Å². The summed E-state index contributed by atoms with van der Waals surface area (Å²) in [7, 11) is 0. The summed E-state index contributed by atoms with van der Waals surface area (Å²) in [6.07, 6.45) is 1.31. The molecule has 2 amide bonds. The van der Waals surface area contributed by atoms with Crippen LogP contribution in [0, 0.1) is 0 Å². The van der Waals surface area contributed by atoms with Gasteiger partial charge in [-0.2, -0.15) is 0 Å². The number of benzene rings is 1. The van der Waals surface area contributed by atoms with Crippen molar-refractivity contribution in [3.63, 3.8) is 0 Å². The van der Waals surface area contributed by atoms with Crippen LogP contribution in [0.4, 0.5) is 5.13 Å². The molecule has 0 unspecified atom stereocenters. The first-order valence-electron chi connectivity index (χ1n) is 7.90. The van der Waals surface area contributed by atoms with Gasteiger partial charge in [-0.25, -0.2) is 9.78 Å². The summed E-state index contributed by atoms with van der Waals surface area (Å²) in [5.41, 5.74) is 1.16. The van der Waals surface area contributed by atoms with Crippen molar-refractivity contribution in [1.82, 2.24) is 10.3 Å². The summed E-state index contributed by atoms with van der Waals surface area (Å²) < 4.78 is 9.73. The van der Waals surface area contributed by atoms with Crippen LogP contribution in [0.15, 0.2) is 58.5 Å². The zero-order chi connectivity index (χ0) is 19.1. The molecule has 0 spiro atoms. The molecule has 0 atom stereocenters. The molecule has 9 heteroatoms. The van der Waals surface area contributed by atoms with Gasteiger partial charge in [0.25, 0.3) is 11.8 Å². The molecule has 8 nitrogen and oxygen atoms in total. The van der Waals surface area contributed by atoms with Crippen molar-refractivity contribution >= 4 is 34.3 Å². The Morgan fingerprint density at radius 3 is 2.67 bits per heavy atom. The highest BCUT2D eigenvalue weighted by atomic mass is 32.1. The number of hydrogen-bond donors (Lipinski definition) is 2. The van der Waals surface area contributed by atoms with Crippen LogP contribution in [0.2, 0.25) is 0 Å². The average Bonchev–Trinajstić information content (AvgIpc) is 3.37. The minimum atomic E-state index is -0.762. The van der Waals surface area contributed by atoms with E-state index in [-0.39, 0.29) is 11.5 Å². The molecule has 2 aromatic heterocycles. The van der Waals surface area contributed by atoms with E-state index in [0.29, 0.717) is 11.7 Å². The Balaban J connectivity index is 1.45. The topological polar surface area (TPSA) is 111 Å². The standard InChI is InChI=1S/C18H15N3O5S/c22-15(21-16(23)14-7-4-8-25-14)10-26-17(24)13-11-27-18(20-13)19-9-12-5-2-1-3-6-12/h1-8,11H,9-10H2,(H,19,20)(H,21,22,23). The number of rotatable bonds is 7. The molecule has 0 aliphatic rings. The third-order valence-electron chi connectivity index (χ3n) is 3.33. The molecular weight excluding hydrogens is 370 g/mol. The summed E-state index contributed by atoms with van der Waals surface area (Å²) in [6.45, 7) is -0.0320. The molecule has 0 aliphatic heterocycles. The second-order valence-corrected chi connectivity index (χ2v) is 6.17. The molecular formula is C18H15N3O5S. The van der Waals surface area contributed by atoms with Crippen LogP contribution in [0.1, 0.15) is 26.6 Å². The number of nitrogens with one attached hydrogen (secondary N) is 2. The van der Waals surface area contributed by atoms with Crippen LogP contribution in [0.5, 0.6) is 0 Å². The number of nitrogens with zero attached hydrogens (tertiary/aromatic N) is 1. The summed E-state index contributed by atoms with van der Waals surface area (Å²) >= 11 is 1.25. The van der Waals surface area contributed by atoms with Gasteiger partial charge in [0.2, 0.25) is 0 Å². The first-order valence-corrected chi connectivity index (χ1v) is 8.78. The molecule has 0 saturated heterocycles. The summed E-state index contributed by atoms with van der Waals surface area (Å²) in [6, 6.07) is 12.7. The Hall–Kier alpha value is -3.46. The molecule has 27 heavy (non-hydrogen) atoms. The smallest absolute Gasteiger partial charge is 0.358 e. The van der Waals surface area contributed by atoms with Crippen LogP contribution >= 0.6 is 11.3 Å². The van der Waals surface area contributed by atoms with Crippen LogP contribution in [-0.2, 0) is 16.1 Å². The third-order valence-corrected chi connectivity index (χ3v) is 4.13. The minimum Gasteiger partial charge on any atom is -0.459 e. The molecule has 138 valence electrons. The predicted octanol–water partition coefficient (Wildman–Crippen LogP) is 2.46. The van der Waals surface area contributed by atoms with Gasteiger partial charge in [0, 0.05) is 11.9 Å². The van der Waals surface area contributed by atoms with Crippen LogP contribution in [0.25, 0.3) is 0 Å². The lowest BCUT2D eigenvalue weighted by Gasteiger charge is -2.03. The molecule has 0 fully saturated rings. The molecule has 0 aliphatic carbocycles. The quantitative estimate of drug-likeness (QED) is 0.601. The van der Waals surface area contributed by atoms with E-state index in [1.165, 1.54) is 35.1 Å². The van der Waals surface area contributed by atoms with E-state index in [9.17, 15) is 14.4 Å². The van der Waals surface area contributed by atoms with Gasteiger partial charge >= 0.3 is 5.97 Å². The number of imide groups is 1. The number of ether oxygens (including phenoxy) is 1. The first-order chi connectivity index (χ1) is 13.1. The Bertz CT molecular complexity index is 922. The monoisotopic (exact) mass is 385 g/mol. The van der Waals surface area contributed by atoms with Crippen molar-refractivity contribution in [2.75, 3.05) is 11.9 Å². The highest BCUT2D eigenvalue weighted by molar-refractivity contribution is 7.13. The molecule has 3 rings (SSSR count). The van der Waals surface area contributed by atoms with Crippen molar-refractivity contribution in [3.8, 4) is 0 Å². The van der Waals surface area contributed by atoms with Crippen molar-refractivity contribution in [3.05, 3.63) is 71.1 Å². The van der Waals surface area contributed by atoms with Gasteiger partial charge in [-0.1, -0.05) is 30.3 Å². The van der Waals surface area contributed by atoms with Gasteiger partial charge in [0.1, 0.15) is 0 Å². The lowest BCUT2D eigenvalue weighted by Crippen LogP contribution is -2.34. The Morgan fingerprint density at radius 1 is 1.11 bits per heavy atom. The number of carbonyl (C=O) groups is 3. The van der Waals surface area contributed by atoms with Crippen molar-refractivity contribution in [2.45, 2.75) is 6.54 Å². The Labute approximate surface area is 158 Å². The van der Waals surface area contributed by atoms with Crippen LogP contribution in [0.3, 0.4) is 0 Å². The highest BCUT2D eigenvalue weighted by Crippen LogP contribution is 2.17. The number of amides is 2. The number of anilines is 1. The molecule has 3 aromatic rings. The summed E-state index contributed by atoms with van der Waals surface area (Å²) in [4.78, 5) is 39.4. The fourth-order valence-electron chi connectivity index (χ4n) is 2.06. The van der Waals surface area contributed by atoms with E-state index in [1.54, 1.807) is 0 Å². The fraction of sp³-hybridized carbons (Fsp3) is 0.111. The zero-order valence-corrected chi connectivity index (χ0v) is 14.8. The second-order valence-electron chi connectivity index (χ2n) is 5.31. The molecule has 0 saturated carbocycles. The number of thiazole rings is 1. The van der Waals surface area contributed by atoms with E-state index in [4.69, 9.17) is 9.15 Å². The zero-order valence-electron chi connectivity index (χ0n) is 14.0. The van der Waals surface area contributed by atoms with Gasteiger partial charge in [0.15, 0.2) is 23.2 Å². The normalized spacial score (nSPS) is 10.2. The maximum Gasteiger partial charge on any atom is 0.358 e. The second kappa shape index (κ2) is 8.77.